The lowest BCUT2D eigenvalue weighted by molar-refractivity contribution is 0.303. The quantitative estimate of drug-likeness (QED) is 0.775. The Morgan fingerprint density at radius 1 is 1.35 bits per heavy atom. The van der Waals surface area contributed by atoms with Crippen molar-refractivity contribution in [2.75, 3.05) is 6.54 Å². The van der Waals surface area contributed by atoms with E-state index in [-0.39, 0.29) is 5.54 Å². The molecule has 0 bridgehead atoms. The highest BCUT2D eigenvalue weighted by atomic mass is 16.5. The molecule has 1 aromatic rings. The van der Waals surface area contributed by atoms with Gasteiger partial charge in [-0.05, 0) is 76.8 Å². The SMILES string of the molecule is C/C(=C/CCNC(C)(C)C)c1cccc(OC2CC2)c1. The molecule has 0 radical (unpaired) electrons. The lowest BCUT2D eigenvalue weighted by Crippen LogP contribution is -2.36. The molecule has 0 spiro atoms. The van der Waals surface area contributed by atoms with Crippen LogP contribution in [0, 0.1) is 0 Å². The van der Waals surface area contributed by atoms with Crippen molar-refractivity contribution in [3.8, 4) is 5.75 Å². The number of nitrogens with one attached hydrogen (secondary N) is 1. The number of hydrogen-bond donors (Lipinski definition) is 1. The first-order chi connectivity index (χ1) is 9.44. The van der Waals surface area contributed by atoms with Crippen LogP contribution in [0.15, 0.2) is 30.3 Å². The number of hydrogen-bond acceptors (Lipinski definition) is 2. The summed E-state index contributed by atoms with van der Waals surface area (Å²) in [6.45, 7) is 9.78. The summed E-state index contributed by atoms with van der Waals surface area (Å²) in [5, 5.41) is 3.51. The van der Waals surface area contributed by atoms with E-state index in [0.29, 0.717) is 6.10 Å². The zero-order valence-electron chi connectivity index (χ0n) is 13.2. The van der Waals surface area contributed by atoms with Crippen molar-refractivity contribution < 1.29 is 4.74 Å². The highest BCUT2D eigenvalue weighted by Crippen LogP contribution is 2.28. The lowest BCUT2D eigenvalue weighted by atomic mass is 10.1. The summed E-state index contributed by atoms with van der Waals surface area (Å²) in [6.07, 6.45) is 6.23. The van der Waals surface area contributed by atoms with Crippen LogP contribution in [0.4, 0.5) is 0 Å². The summed E-state index contributed by atoms with van der Waals surface area (Å²) in [4.78, 5) is 0. The summed E-state index contributed by atoms with van der Waals surface area (Å²) < 4.78 is 5.85. The maximum absolute atomic E-state index is 5.85. The monoisotopic (exact) mass is 273 g/mol. The maximum atomic E-state index is 5.85. The molecule has 1 aliphatic rings. The van der Waals surface area contributed by atoms with Crippen LogP contribution in [0.25, 0.3) is 5.57 Å². The Labute approximate surface area is 123 Å². The zero-order chi connectivity index (χ0) is 14.6. The third-order valence-electron chi connectivity index (χ3n) is 3.37. The highest BCUT2D eigenvalue weighted by Gasteiger charge is 2.23. The number of rotatable bonds is 6. The Hall–Kier alpha value is -1.28. The van der Waals surface area contributed by atoms with Gasteiger partial charge in [-0.2, -0.15) is 0 Å². The average molecular weight is 273 g/mol. The second-order valence-electron chi connectivity index (χ2n) is 6.70. The number of benzene rings is 1. The summed E-state index contributed by atoms with van der Waals surface area (Å²) in [5.74, 6) is 1.01. The van der Waals surface area contributed by atoms with Crippen molar-refractivity contribution >= 4 is 5.57 Å². The van der Waals surface area contributed by atoms with Gasteiger partial charge in [-0.15, -0.1) is 0 Å². The smallest absolute Gasteiger partial charge is 0.120 e. The average Bonchev–Trinajstić information content (AvgIpc) is 3.17. The fourth-order valence-corrected chi connectivity index (χ4v) is 2.05. The van der Waals surface area contributed by atoms with Crippen molar-refractivity contribution in [3.63, 3.8) is 0 Å². The molecule has 110 valence electrons. The molecular weight excluding hydrogens is 246 g/mol. The largest absolute Gasteiger partial charge is 0.490 e. The summed E-state index contributed by atoms with van der Waals surface area (Å²) >= 11 is 0. The van der Waals surface area contributed by atoms with Crippen LogP contribution in [0.5, 0.6) is 5.75 Å². The minimum absolute atomic E-state index is 0.194. The Bertz CT molecular complexity index is 467. The van der Waals surface area contributed by atoms with Gasteiger partial charge < -0.3 is 10.1 Å². The standard InChI is InChI=1S/C18H27NO/c1-14(7-6-12-19-18(2,3)4)15-8-5-9-17(13-15)20-16-10-11-16/h5,7-9,13,16,19H,6,10-12H2,1-4H3/b14-7-. The van der Waals surface area contributed by atoms with Gasteiger partial charge in [0.15, 0.2) is 0 Å². The van der Waals surface area contributed by atoms with E-state index in [1.165, 1.54) is 24.0 Å². The molecule has 1 fully saturated rings. The Balaban J connectivity index is 1.88. The van der Waals surface area contributed by atoms with E-state index in [0.717, 1.165) is 18.7 Å². The minimum atomic E-state index is 0.194. The van der Waals surface area contributed by atoms with E-state index in [2.05, 4.69) is 63.4 Å². The van der Waals surface area contributed by atoms with Gasteiger partial charge in [-0.3, -0.25) is 0 Å². The molecule has 2 rings (SSSR count). The minimum Gasteiger partial charge on any atom is -0.490 e. The van der Waals surface area contributed by atoms with Gasteiger partial charge in [0.05, 0.1) is 6.10 Å². The summed E-state index contributed by atoms with van der Waals surface area (Å²) in [7, 11) is 0. The van der Waals surface area contributed by atoms with E-state index in [1.807, 2.05) is 0 Å². The van der Waals surface area contributed by atoms with Gasteiger partial charge in [0, 0.05) is 5.54 Å². The molecule has 2 nitrogen and oxygen atoms in total. The first-order valence-corrected chi connectivity index (χ1v) is 7.63. The molecule has 0 aromatic heterocycles. The van der Waals surface area contributed by atoms with Crippen molar-refractivity contribution in [2.45, 2.75) is 58.6 Å². The molecule has 0 unspecified atom stereocenters. The topological polar surface area (TPSA) is 21.3 Å². The molecule has 0 atom stereocenters. The second kappa shape index (κ2) is 6.45. The number of ether oxygens (including phenoxy) is 1. The first kappa shape index (κ1) is 15.1. The van der Waals surface area contributed by atoms with E-state index in [4.69, 9.17) is 4.74 Å². The van der Waals surface area contributed by atoms with Crippen LogP contribution >= 0.6 is 0 Å². The van der Waals surface area contributed by atoms with Crippen molar-refractivity contribution in [3.05, 3.63) is 35.9 Å². The predicted octanol–water partition coefficient (Wildman–Crippen LogP) is 4.41. The fourth-order valence-electron chi connectivity index (χ4n) is 2.05. The Kier molecular flexibility index (Phi) is 4.87. The van der Waals surface area contributed by atoms with Crippen molar-refractivity contribution in [1.82, 2.24) is 5.32 Å². The van der Waals surface area contributed by atoms with Gasteiger partial charge in [-0.25, -0.2) is 0 Å². The molecule has 1 aromatic carbocycles. The molecule has 0 saturated heterocycles. The third kappa shape index (κ3) is 5.38. The Morgan fingerprint density at radius 2 is 2.10 bits per heavy atom. The second-order valence-corrected chi connectivity index (χ2v) is 6.70. The van der Waals surface area contributed by atoms with Crippen LogP contribution in [0.3, 0.4) is 0 Å². The molecule has 20 heavy (non-hydrogen) atoms. The normalized spacial score (nSPS) is 16.3. The molecule has 0 heterocycles. The molecule has 0 aliphatic heterocycles. The highest BCUT2D eigenvalue weighted by molar-refractivity contribution is 5.64. The van der Waals surface area contributed by atoms with E-state index in [9.17, 15) is 0 Å². The van der Waals surface area contributed by atoms with Crippen LogP contribution < -0.4 is 10.1 Å². The summed E-state index contributed by atoms with van der Waals surface area (Å²) in [5.41, 5.74) is 2.78. The van der Waals surface area contributed by atoms with E-state index < -0.39 is 0 Å². The zero-order valence-corrected chi connectivity index (χ0v) is 13.2. The summed E-state index contributed by atoms with van der Waals surface area (Å²) in [6, 6.07) is 8.44. The molecule has 1 saturated carbocycles. The van der Waals surface area contributed by atoms with Gasteiger partial charge in [0.1, 0.15) is 5.75 Å². The van der Waals surface area contributed by atoms with Crippen LogP contribution in [0.2, 0.25) is 0 Å². The van der Waals surface area contributed by atoms with E-state index in [1.54, 1.807) is 0 Å². The number of allylic oxidation sites excluding steroid dienone is 1. The van der Waals surface area contributed by atoms with Crippen LogP contribution in [-0.4, -0.2) is 18.2 Å². The predicted molar refractivity (Wildman–Crippen MR) is 86.1 cm³/mol. The lowest BCUT2D eigenvalue weighted by Gasteiger charge is -2.19. The molecule has 1 N–H and O–H groups in total. The fraction of sp³-hybridized carbons (Fsp3) is 0.556. The van der Waals surface area contributed by atoms with Crippen molar-refractivity contribution in [2.24, 2.45) is 0 Å². The molecule has 0 amide bonds. The van der Waals surface area contributed by atoms with Gasteiger partial charge >= 0.3 is 0 Å². The van der Waals surface area contributed by atoms with Gasteiger partial charge in [-0.1, -0.05) is 18.2 Å². The van der Waals surface area contributed by atoms with Gasteiger partial charge in [0.25, 0.3) is 0 Å². The van der Waals surface area contributed by atoms with Crippen LogP contribution in [0.1, 0.15) is 52.5 Å². The first-order valence-electron chi connectivity index (χ1n) is 7.63. The van der Waals surface area contributed by atoms with Crippen molar-refractivity contribution in [1.29, 1.82) is 0 Å². The Morgan fingerprint density at radius 3 is 2.75 bits per heavy atom. The maximum Gasteiger partial charge on any atom is 0.120 e. The molecule has 1 aliphatic carbocycles. The van der Waals surface area contributed by atoms with E-state index >= 15 is 0 Å². The van der Waals surface area contributed by atoms with Crippen LogP contribution in [-0.2, 0) is 0 Å². The molecule has 2 heteroatoms. The molecular formula is C18H27NO. The third-order valence-corrected chi connectivity index (χ3v) is 3.37. The van der Waals surface area contributed by atoms with Gasteiger partial charge in [0.2, 0.25) is 0 Å².